The first-order chi connectivity index (χ1) is 10.6. The molecule has 0 spiro atoms. The molecule has 0 radical (unpaired) electrons. The molecule has 0 saturated heterocycles. The maximum atomic E-state index is 12.0. The van der Waals surface area contributed by atoms with Crippen molar-refractivity contribution in [3.05, 3.63) is 65.4 Å². The number of carbonyl (C=O) groups excluding carboxylic acids is 1. The molecule has 2 rings (SSSR count). The molecule has 0 fully saturated rings. The Morgan fingerprint density at radius 2 is 1.73 bits per heavy atom. The number of rotatable bonds is 4. The Bertz CT molecular complexity index is 673. The number of aryl methyl sites for hydroxylation is 2. The Labute approximate surface area is 130 Å². The van der Waals surface area contributed by atoms with Gasteiger partial charge in [0.05, 0.1) is 7.11 Å². The molecule has 0 saturated carbocycles. The van der Waals surface area contributed by atoms with E-state index in [1.807, 2.05) is 56.3 Å². The summed E-state index contributed by atoms with van der Waals surface area (Å²) in [4.78, 5) is 12.0. The SMILES string of the molecule is COc1ccccc1/C=C/NC(=O)Nc1c(C)cccc1C. The largest absolute Gasteiger partial charge is 0.496 e. The van der Waals surface area contributed by atoms with Gasteiger partial charge in [-0.15, -0.1) is 0 Å². The smallest absolute Gasteiger partial charge is 0.323 e. The van der Waals surface area contributed by atoms with E-state index in [9.17, 15) is 4.79 Å². The van der Waals surface area contributed by atoms with Crippen molar-refractivity contribution >= 4 is 17.8 Å². The van der Waals surface area contributed by atoms with Crippen molar-refractivity contribution in [1.82, 2.24) is 5.32 Å². The highest BCUT2D eigenvalue weighted by Gasteiger charge is 2.05. The van der Waals surface area contributed by atoms with Gasteiger partial charge in [-0.25, -0.2) is 4.79 Å². The monoisotopic (exact) mass is 296 g/mol. The number of para-hydroxylation sites is 2. The number of carbonyl (C=O) groups is 1. The summed E-state index contributed by atoms with van der Waals surface area (Å²) in [6.07, 6.45) is 3.39. The van der Waals surface area contributed by atoms with Gasteiger partial charge in [-0.1, -0.05) is 36.4 Å². The van der Waals surface area contributed by atoms with Crippen molar-refractivity contribution < 1.29 is 9.53 Å². The number of anilines is 1. The van der Waals surface area contributed by atoms with Crippen LogP contribution in [0.5, 0.6) is 5.75 Å². The number of ether oxygens (including phenoxy) is 1. The highest BCUT2D eigenvalue weighted by atomic mass is 16.5. The third-order valence-electron chi connectivity index (χ3n) is 3.34. The van der Waals surface area contributed by atoms with Gasteiger partial charge in [-0.05, 0) is 37.1 Å². The average molecular weight is 296 g/mol. The molecule has 0 aliphatic rings. The van der Waals surface area contributed by atoms with Crippen LogP contribution in [0.3, 0.4) is 0 Å². The van der Waals surface area contributed by atoms with Gasteiger partial charge >= 0.3 is 6.03 Å². The van der Waals surface area contributed by atoms with Gasteiger partial charge < -0.3 is 15.4 Å². The van der Waals surface area contributed by atoms with Crippen LogP contribution < -0.4 is 15.4 Å². The van der Waals surface area contributed by atoms with E-state index in [4.69, 9.17) is 4.74 Å². The second-order valence-corrected chi connectivity index (χ2v) is 4.94. The zero-order valence-electron chi connectivity index (χ0n) is 13.0. The fraction of sp³-hybridized carbons (Fsp3) is 0.167. The summed E-state index contributed by atoms with van der Waals surface area (Å²) in [6, 6.07) is 13.2. The van der Waals surface area contributed by atoms with Gasteiger partial charge in [0.25, 0.3) is 0 Å². The van der Waals surface area contributed by atoms with Gasteiger partial charge in [-0.2, -0.15) is 0 Å². The Morgan fingerprint density at radius 1 is 1.05 bits per heavy atom. The summed E-state index contributed by atoms with van der Waals surface area (Å²) in [5, 5.41) is 5.56. The van der Waals surface area contributed by atoms with Crippen molar-refractivity contribution in [2.24, 2.45) is 0 Å². The first-order valence-corrected chi connectivity index (χ1v) is 7.05. The summed E-state index contributed by atoms with van der Waals surface area (Å²) in [5.41, 5.74) is 3.80. The minimum atomic E-state index is -0.274. The highest BCUT2D eigenvalue weighted by Crippen LogP contribution is 2.19. The number of hydrogen-bond donors (Lipinski definition) is 2. The van der Waals surface area contributed by atoms with Gasteiger partial charge in [0.15, 0.2) is 0 Å². The lowest BCUT2D eigenvalue weighted by atomic mass is 10.1. The lowest BCUT2D eigenvalue weighted by molar-refractivity contribution is 0.255. The molecule has 22 heavy (non-hydrogen) atoms. The minimum Gasteiger partial charge on any atom is -0.496 e. The first-order valence-electron chi connectivity index (χ1n) is 7.05. The Hall–Kier alpha value is -2.75. The summed E-state index contributed by atoms with van der Waals surface area (Å²) in [6.45, 7) is 3.93. The van der Waals surface area contributed by atoms with Gasteiger partial charge in [0, 0.05) is 17.5 Å². The van der Waals surface area contributed by atoms with Gasteiger partial charge in [0.1, 0.15) is 5.75 Å². The van der Waals surface area contributed by atoms with Crippen molar-refractivity contribution in [1.29, 1.82) is 0 Å². The summed E-state index contributed by atoms with van der Waals surface area (Å²) in [7, 11) is 1.62. The van der Waals surface area contributed by atoms with Gasteiger partial charge in [0.2, 0.25) is 0 Å². The Balaban J connectivity index is 2.00. The molecule has 2 aromatic carbocycles. The third kappa shape index (κ3) is 3.88. The fourth-order valence-electron chi connectivity index (χ4n) is 2.17. The zero-order chi connectivity index (χ0) is 15.9. The Kier molecular flexibility index (Phi) is 5.20. The minimum absolute atomic E-state index is 0.274. The summed E-state index contributed by atoms with van der Waals surface area (Å²) >= 11 is 0. The normalized spacial score (nSPS) is 10.5. The molecule has 114 valence electrons. The fourth-order valence-corrected chi connectivity index (χ4v) is 2.17. The standard InChI is InChI=1S/C18H20N2O2/c1-13-7-6-8-14(2)17(13)20-18(21)19-12-11-15-9-4-5-10-16(15)22-3/h4-12H,1-3H3,(H2,19,20,21)/b12-11+. The summed E-state index contributed by atoms with van der Waals surface area (Å²) in [5.74, 6) is 0.760. The molecule has 4 heteroatoms. The summed E-state index contributed by atoms with van der Waals surface area (Å²) < 4.78 is 5.25. The second-order valence-electron chi connectivity index (χ2n) is 4.94. The quantitative estimate of drug-likeness (QED) is 0.892. The third-order valence-corrected chi connectivity index (χ3v) is 3.34. The molecule has 0 bridgehead atoms. The Morgan fingerprint density at radius 3 is 2.41 bits per heavy atom. The maximum Gasteiger partial charge on any atom is 0.323 e. The topological polar surface area (TPSA) is 50.4 Å². The van der Waals surface area contributed by atoms with E-state index < -0.39 is 0 Å². The van der Waals surface area contributed by atoms with Crippen LogP contribution in [0.4, 0.5) is 10.5 Å². The number of amides is 2. The molecule has 0 aromatic heterocycles. The van der Waals surface area contributed by atoms with Crippen LogP contribution >= 0.6 is 0 Å². The number of hydrogen-bond acceptors (Lipinski definition) is 2. The number of nitrogens with one attached hydrogen (secondary N) is 2. The van der Waals surface area contributed by atoms with Crippen molar-refractivity contribution in [2.75, 3.05) is 12.4 Å². The van der Waals surface area contributed by atoms with Crippen LogP contribution in [0, 0.1) is 13.8 Å². The number of methoxy groups -OCH3 is 1. The average Bonchev–Trinajstić information content (AvgIpc) is 2.51. The lowest BCUT2D eigenvalue weighted by Crippen LogP contribution is -2.24. The first kappa shape index (κ1) is 15.6. The van der Waals surface area contributed by atoms with E-state index in [0.29, 0.717) is 0 Å². The molecule has 0 aliphatic heterocycles. The van der Waals surface area contributed by atoms with E-state index in [0.717, 1.165) is 28.1 Å². The van der Waals surface area contributed by atoms with Gasteiger partial charge in [-0.3, -0.25) is 0 Å². The molecule has 0 aliphatic carbocycles. The van der Waals surface area contributed by atoms with Crippen LogP contribution in [0.15, 0.2) is 48.7 Å². The number of urea groups is 1. The van der Waals surface area contributed by atoms with Crippen molar-refractivity contribution in [3.63, 3.8) is 0 Å². The van der Waals surface area contributed by atoms with Crippen LogP contribution in [-0.4, -0.2) is 13.1 Å². The van der Waals surface area contributed by atoms with Crippen LogP contribution in [0.25, 0.3) is 6.08 Å². The van der Waals surface area contributed by atoms with Crippen molar-refractivity contribution in [3.8, 4) is 5.75 Å². The van der Waals surface area contributed by atoms with Crippen LogP contribution in [0.2, 0.25) is 0 Å². The molecular weight excluding hydrogens is 276 g/mol. The van der Waals surface area contributed by atoms with E-state index in [1.165, 1.54) is 0 Å². The van der Waals surface area contributed by atoms with E-state index in [1.54, 1.807) is 19.4 Å². The predicted molar refractivity (Wildman–Crippen MR) is 90.1 cm³/mol. The molecule has 0 unspecified atom stereocenters. The maximum absolute atomic E-state index is 12.0. The molecule has 2 aromatic rings. The molecule has 0 heterocycles. The molecular formula is C18H20N2O2. The van der Waals surface area contributed by atoms with E-state index in [-0.39, 0.29) is 6.03 Å². The van der Waals surface area contributed by atoms with Crippen LogP contribution in [0.1, 0.15) is 16.7 Å². The lowest BCUT2D eigenvalue weighted by Gasteiger charge is -2.11. The molecule has 2 N–H and O–H groups in total. The second kappa shape index (κ2) is 7.31. The zero-order valence-corrected chi connectivity index (χ0v) is 13.0. The molecule has 0 atom stereocenters. The number of benzene rings is 2. The van der Waals surface area contributed by atoms with Crippen molar-refractivity contribution in [2.45, 2.75) is 13.8 Å². The molecule has 2 amide bonds. The molecule has 4 nitrogen and oxygen atoms in total. The van der Waals surface area contributed by atoms with E-state index >= 15 is 0 Å². The predicted octanol–water partition coefficient (Wildman–Crippen LogP) is 4.10. The van der Waals surface area contributed by atoms with Crippen LogP contribution in [-0.2, 0) is 0 Å². The highest BCUT2D eigenvalue weighted by molar-refractivity contribution is 5.91. The van der Waals surface area contributed by atoms with E-state index in [2.05, 4.69) is 10.6 Å².